The molecular formula is C34H44O19. The number of phenols is 4. The highest BCUT2D eigenvalue weighted by molar-refractivity contribution is 5.87. The summed E-state index contributed by atoms with van der Waals surface area (Å²) in [6.45, 7) is -0.718. The second-order valence-electron chi connectivity index (χ2n) is 13.0. The van der Waals surface area contributed by atoms with Crippen LogP contribution in [0, 0.1) is 0 Å². The lowest BCUT2D eigenvalue weighted by molar-refractivity contribution is -0.360. The first kappa shape index (κ1) is 40.5. The van der Waals surface area contributed by atoms with Gasteiger partial charge in [0.25, 0.3) is 0 Å². The van der Waals surface area contributed by atoms with Gasteiger partial charge >= 0.3 is 5.97 Å². The van der Waals surface area contributed by atoms with Crippen molar-refractivity contribution in [1.29, 1.82) is 0 Å². The van der Waals surface area contributed by atoms with Gasteiger partial charge in [0, 0.05) is 6.08 Å². The van der Waals surface area contributed by atoms with E-state index in [-0.39, 0.29) is 30.1 Å². The van der Waals surface area contributed by atoms with Crippen molar-refractivity contribution < 1.29 is 94.1 Å². The number of hydrogen-bond donors (Lipinski definition) is 11. The van der Waals surface area contributed by atoms with E-state index in [0.29, 0.717) is 5.56 Å². The van der Waals surface area contributed by atoms with Crippen LogP contribution in [0.15, 0.2) is 42.5 Å². The molecule has 3 aliphatic rings. The number of carbonyl (C=O) groups is 1. The number of phenolic OH excluding ortho intramolecular Hbond substituents is 4. The molecule has 2 aromatic carbocycles. The van der Waals surface area contributed by atoms with E-state index in [1.54, 1.807) is 0 Å². The van der Waals surface area contributed by atoms with E-state index in [0.717, 1.165) is 6.08 Å². The minimum Gasteiger partial charge on any atom is -0.504 e. The molecule has 0 amide bonds. The molecule has 53 heavy (non-hydrogen) atoms. The number of hydrogen-bond acceptors (Lipinski definition) is 19. The lowest BCUT2D eigenvalue weighted by atomic mass is 9.96. The topological polar surface area (TPSA) is 304 Å². The van der Waals surface area contributed by atoms with Gasteiger partial charge in [-0.25, -0.2) is 4.79 Å². The summed E-state index contributed by atoms with van der Waals surface area (Å²) in [5.41, 5.74) is -1.24. The summed E-state index contributed by atoms with van der Waals surface area (Å²) in [4.78, 5) is 13.2. The van der Waals surface area contributed by atoms with Gasteiger partial charge in [-0.2, -0.15) is 0 Å². The molecule has 19 nitrogen and oxygen atoms in total. The Labute approximate surface area is 302 Å². The molecule has 0 aromatic heterocycles. The molecule has 2 aromatic rings. The molecule has 3 heterocycles. The number of esters is 1. The Hall–Kier alpha value is -3.67. The summed E-state index contributed by atoms with van der Waals surface area (Å²) in [5, 5.41) is 112. The third kappa shape index (κ3) is 9.35. The number of aliphatic hydroxyl groups is 7. The standard InChI is InChI=1S/C34H44O19/c1-15-24(41)25(42)26(43)32(50-15)53-29-27(44)31(47-9-8-17-3-6-19(37)21(39)11-17)51-22(12-48-33-30(45)34(46,13-35)14-49-33)28(29)52-23(40)7-4-16-2-5-18(36)20(38)10-16/h2-7,10-11,15,22,24-33,35-39,41-46H,8-9,12-14H2,1H3/b7-4+/t15-,22+,24-,25+,26+,27+,28+,29+,30+,31+,32-,33-,34+/m1/s1. The molecule has 0 unspecified atom stereocenters. The molecular weight excluding hydrogens is 712 g/mol. The normalized spacial score (nSPS) is 36.2. The second kappa shape index (κ2) is 17.2. The van der Waals surface area contributed by atoms with Crippen LogP contribution in [-0.2, 0) is 44.4 Å². The van der Waals surface area contributed by atoms with Crippen LogP contribution in [-0.4, -0.2) is 168 Å². The zero-order valence-corrected chi connectivity index (χ0v) is 28.3. The van der Waals surface area contributed by atoms with Gasteiger partial charge in [-0.05, 0) is 54.8 Å². The molecule has 294 valence electrons. The molecule has 0 bridgehead atoms. The quantitative estimate of drug-likeness (QED) is 0.0569. The first-order valence-electron chi connectivity index (χ1n) is 16.6. The van der Waals surface area contributed by atoms with Crippen molar-refractivity contribution in [2.24, 2.45) is 0 Å². The van der Waals surface area contributed by atoms with E-state index in [2.05, 4.69) is 0 Å². The highest BCUT2D eigenvalue weighted by Gasteiger charge is 2.54. The van der Waals surface area contributed by atoms with Gasteiger partial charge in [-0.1, -0.05) is 12.1 Å². The van der Waals surface area contributed by atoms with E-state index in [9.17, 15) is 61.0 Å². The number of carbonyl (C=O) groups excluding carboxylic acids is 1. The first-order valence-corrected chi connectivity index (χ1v) is 16.6. The lowest BCUT2D eigenvalue weighted by Gasteiger charge is -2.46. The average molecular weight is 757 g/mol. The van der Waals surface area contributed by atoms with Crippen LogP contribution >= 0.6 is 0 Å². The molecule has 13 atom stereocenters. The second-order valence-corrected chi connectivity index (χ2v) is 13.0. The Morgan fingerprint density at radius 1 is 0.830 bits per heavy atom. The van der Waals surface area contributed by atoms with Crippen LogP contribution in [0.1, 0.15) is 18.1 Å². The van der Waals surface area contributed by atoms with Gasteiger partial charge in [0.05, 0.1) is 32.5 Å². The third-order valence-electron chi connectivity index (χ3n) is 9.09. The molecule has 3 fully saturated rings. The summed E-state index contributed by atoms with van der Waals surface area (Å²) in [7, 11) is 0. The Morgan fingerprint density at radius 3 is 2.19 bits per heavy atom. The molecule has 0 radical (unpaired) electrons. The van der Waals surface area contributed by atoms with E-state index in [4.69, 9.17) is 33.2 Å². The predicted octanol–water partition coefficient (Wildman–Crippen LogP) is -2.55. The molecule has 5 rings (SSSR count). The van der Waals surface area contributed by atoms with Gasteiger partial charge in [-0.3, -0.25) is 0 Å². The maximum absolute atomic E-state index is 13.2. The van der Waals surface area contributed by atoms with Gasteiger partial charge in [0.1, 0.15) is 48.3 Å². The van der Waals surface area contributed by atoms with E-state index in [1.807, 2.05) is 0 Å². The van der Waals surface area contributed by atoms with Crippen molar-refractivity contribution in [3.63, 3.8) is 0 Å². The molecule has 0 spiro atoms. The Morgan fingerprint density at radius 2 is 1.53 bits per heavy atom. The number of benzene rings is 2. The zero-order valence-electron chi connectivity index (χ0n) is 28.3. The minimum absolute atomic E-state index is 0.136. The predicted molar refractivity (Wildman–Crippen MR) is 174 cm³/mol. The Bertz CT molecular complexity index is 1570. The molecule has 19 heteroatoms. The number of rotatable bonds is 13. The fourth-order valence-electron chi connectivity index (χ4n) is 5.87. The van der Waals surface area contributed by atoms with Crippen LogP contribution in [0.25, 0.3) is 6.08 Å². The zero-order chi connectivity index (χ0) is 38.6. The van der Waals surface area contributed by atoms with Crippen LogP contribution in [0.4, 0.5) is 0 Å². The highest BCUT2D eigenvalue weighted by atomic mass is 16.8. The van der Waals surface area contributed by atoms with Gasteiger partial charge in [0.15, 0.2) is 48.0 Å². The number of aromatic hydroxyl groups is 4. The Balaban J connectivity index is 1.42. The van der Waals surface area contributed by atoms with Gasteiger partial charge < -0.3 is 89.3 Å². The summed E-state index contributed by atoms with van der Waals surface area (Å²) in [6.07, 6.45) is -17.0. The molecule has 0 saturated carbocycles. The summed E-state index contributed by atoms with van der Waals surface area (Å²) in [5.74, 6) is -2.62. The van der Waals surface area contributed by atoms with Crippen molar-refractivity contribution in [2.45, 2.75) is 92.8 Å². The van der Waals surface area contributed by atoms with Crippen molar-refractivity contribution >= 4 is 12.0 Å². The fraction of sp³-hybridized carbons (Fsp3) is 0.559. The minimum atomic E-state index is -2.05. The summed E-state index contributed by atoms with van der Waals surface area (Å²) < 4.78 is 40.0. The molecule has 0 aliphatic carbocycles. The lowest BCUT2D eigenvalue weighted by Crippen LogP contribution is -2.65. The average Bonchev–Trinajstić information content (AvgIpc) is 3.42. The van der Waals surface area contributed by atoms with Gasteiger partial charge in [-0.15, -0.1) is 0 Å². The molecule has 3 aliphatic heterocycles. The van der Waals surface area contributed by atoms with Crippen molar-refractivity contribution in [3.05, 3.63) is 53.6 Å². The molecule has 3 saturated heterocycles. The monoisotopic (exact) mass is 756 g/mol. The van der Waals surface area contributed by atoms with E-state index >= 15 is 0 Å². The third-order valence-corrected chi connectivity index (χ3v) is 9.09. The van der Waals surface area contributed by atoms with Crippen molar-refractivity contribution in [2.75, 3.05) is 26.4 Å². The van der Waals surface area contributed by atoms with Crippen molar-refractivity contribution in [3.8, 4) is 23.0 Å². The fourth-order valence-corrected chi connectivity index (χ4v) is 5.87. The number of aliphatic hydroxyl groups excluding tert-OH is 6. The largest absolute Gasteiger partial charge is 0.504 e. The van der Waals surface area contributed by atoms with Crippen LogP contribution in [0.5, 0.6) is 23.0 Å². The van der Waals surface area contributed by atoms with Crippen LogP contribution in [0.2, 0.25) is 0 Å². The van der Waals surface area contributed by atoms with Crippen LogP contribution in [0.3, 0.4) is 0 Å². The maximum atomic E-state index is 13.2. The molecule has 11 N–H and O–H groups in total. The summed E-state index contributed by atoms with van der Waals surface area (Å²) in [6, 6.07) is 7.83. The van der Waals surface area contributed by atoms with Crippen molar-refractivity contribution in [1.82, 2.24) is 0 Å². The SMILES string of the molecule is C[C@H]1O[C@H](O[C@H]2[C@H](O)[C@@H](OCCc3ccc(O)c(O)c3)O[C@@H](CO[C@@H]3OC[C@@](O)(CO)[C@H]3O)[C@@H]2OC(=O)/C=C/c2ccc(O)c(O)c2)[C@@H](O)[C@@H](O)[C@@H]1O. The Kier molecular flexibility index (Phi) is 13.2. The first-order chi connectivity index (χ1) is 25.1. The summed E-state index contributed by atoms with van der Waals surface area (Å²) >= 11 is 0. The number of ether oxygens (including phenoxy) is 7. The van der Waals surface area contributed by atoms with Gasteiger partial charge in [0.2, 0.25) is 0 Å². The van der Waals surface area contributed by atoms with Crippen LogP contribution < -0.4 is 0 Å². The van der Waals surface area contributed by atoms with E-state index < -0.39 is 117 Å². The smallest absolute Gasteiger partial charge is 0.331 e. The maximum Gasteiger partial charge on any atom is 0.331 e. The highest BCUT2D eigenvalue weighted by Crippen LogP contribution is 2.34. The van der Waals surface area contributed by atoms with E-state index in [1.165, 1.54) is 49.4 Å².